The van der Waals surface area contributed by atoms with Gasteiger partial charge in [0.25, 0.3) is 0 Å². The van der Waals surface area contributed by atoms with Crippen LogP contribution in [0.2, 0.25) is 0 Å². The molecule has 5 heteroatoms. The Kier molecular flexibility index (Phi) is 4.91. The van der Waals surface area contributed by atoms with Gasteiger partial charge in [-0.3, -0.25) is 4.79 Å². The zero-order valence-electron chi connectivity index (χ0n) is 13.5. The number of anilines is 1. The minimum atomic E-state index is -0.0851. The third kappa shape index (κ3) is 4.01. The molecule has 2 aromatic carbocycles. The number of nitrogens with zero attached hydrogens (tertiary/aromatic N) is 2. The minimum absolute atomic E-state index is 0.0851. The van der Waals surface area contributed by atoms with Crippen LogP contribution in [-0.4, -0.2) is 22.8 Å². The van der Waals surface area contributed by atoms with Crippen molar-refractivity contribution in [2.75, 3.05) is 12.4 Å². The van der Waals surface area contributed by atoms with Crippen LogP contribution < -0.4 is 10.1 Å². The second kappa shape index (κ2) is 7.46. The number of hydrogen-bond donors (Lipinski definition) is 1. The molecule has 0 spiro atoms. The van der Waals surface area contributed by atoms with Gasteiger partial charge in [-0.05, 0) is 23.3 Å². The molecule has 0 bridgehead atoms. The number of amides is 1. The first-order valence-electron chi connectivity index (χ1n) is 7.73. The van der Waals surface area contributed by atoms with Gasteiger partial charge in [0.05, 0.1) is 26.3 Å². The summed E-state index contributed by atoms with van der Waals surface area (Å²) in [5.41, 5.74) is 2.03. The van der Waals surface area contributed by atoms with E-state index in [0.29, 0.717) is 12.4 Å². The Hall–Kier alpha value is -3.08. The number of aromatic nitrogens is 2. The van der Waals surface area contributed by atoms with Crippen molar-refractivity contribution in [3.05, 3.63) is 78.0 Å². The van der Waals surface area contributed by atoms with E-state index in [4.69, 9.17) is 4.74 Å². The highest BCUT2D eigenvalue weighted by atomic mass is 16.5. The van der Waals surface area contributed by atoms with Crippen molar-refractivity contribution in [2.24, 2.45) is 0 Å². The Morgan fingerprint density at radius 1 is 1.08 bits per heavy atom. The van der Waals surface area contributed by atoms with Crippen molar-refractivity contribution in [3.8, 4) is 5.75 Å². The molecule has 0 saturated carbocycles. The third-order valence-electron chi connectivity index (χ3n) is 3.66. The Balaban J connectivity index is 1.65. The molecule has 0 aliphatic carbocycles. The lowest BCUT2D eigenvalue weighted by Gasteiger charge is -2.09. The molecule has 1 heterocycles. The zero-order chi connectivity index (χ0) is 16.8. The average Bonchev–Trinajstić information content (AvgIpc) is 3.02. The number of ether oxygens (including phenoxy) is 1. The molecular formula is C19H19N3O2. The van der Waals surface area contributed by atoms with Crippen LogP contribution in [0.4, 0.5) is 5.82 Å². The molecule has 1 amide bonds. The van der Waals surface area contributed by atoms with Crippen molar-refractivity contribution in [3.63, 3.8) is 0 Å². The number of rotatable bonds is 6. The Labute approximate surface area is 140 Å². The van der Waals surface area contributed by atoms with Crippen molar-refractivity contribution in [2.45, 2.75) is 13.0 Å². The van der Waals surface area contributed by atoms with E-state index in [1.54, 1.807) is 24.1 Å². The lowest BCUT2D eigenvalue weighted by molar-refractivity contribution is -0.115. The smallest absolute Gasteiger partial charge is 0.229 e. The molecule has 1 N–H and O–H groups in total. The van der Waals surface area contributed by atoms with Crippen LogP contribution in [0.5, 0.6) is 5.75 Å². The van der Waals surface area contributed by atoms with Gasteiger partial charge >= 0.3 is 0 Å². The predicted octanol–water partition coefficient (Wildman–Crippen LogP) is 3.12. The first kappa shape index (κ1) is 15.8. The van der Waals surface area contributed by atoms with Gasteiger partial charge in [0, 0.05) is 6.07 Å². The predicted molar refractivity (Wildman–Crippen MR) is 93.1 cm³/mol. The molecule has 0 saturated heterocycles. The number of benzene rings is 2. The molecule has 3 rings (SSSR count). The summed E-state index contributed by atoms with van der Waals surface area (Å²) in [6, 6.07) is 19.3. The largest absolute Gasteiger partial charge is 0.497 e. The standard InChI is InChI=1S/C19H19N3O2/c1-24-17-9-5-8-16(12-17)13-19(23)21-18-10-11-20-22(18)14-15-6-3-2-4-7-15/h2-12H,13-14H2,1H3,(H,21,23). The van der Waals surface area contributed by atoms with Crippen molar-refractivity contribution in [1.29, 1.82) is 0 Å². The maximum absolute atomic E-state index is 12.3. The van der Waals surface area contributed by atoms with Gasteiger partial charge < -0.3 is 10.1 Å². The van der Waals surface area contributed by atoms with Crippen LogP contribution in [-0.2, 0) is 17.8 Å². The number of hydrogen-bond acceptors (Lipinski definition) is 3. The lowest BCUT2D eigenvalue weighted by Crippen LogP contribution is -2.18. The highest BCUT2D eigenvalue weighted by molar-refractivity contribution is 5.91. The SMILES string of the molecule is COc1cccc(CC(=O)Nc2ccnn2Cc2ccccc2)c1. The van der Waals surface area contributed by atoms with Crippen LogP contribution in [0.1, 0.15) is 11.1 Å². The Morgan fingerprint density at radius 2 is 1.88 bits per heavy atom. The van der Waals surface area contributed by atoms with Crippen molar-refractivity contribution >= 4 is 11.7 Å². The van der Waals surface area contributed by atoms with Crippen LogP contribution in [0.15, 0.2) is 66.9 Å². The van der Waals surface area contributed by atoms with Crippen molar-refractivity contribution < 1.29 is 9.53 Å². The van der Waals surface area contributed by atoms with Crippen molar-refractivity contribution in [1.82, 2.24) is 9.78 Å². The summed E-state index contributed by atoms with van der Waals surface area (Å²) in [4.78, 5) is 12.3. The molecule has 0 unspecified atom stereocenters. The topological polar surface area (TPSA) is 56.1 Å². The third-order valence-corrected chi connectivity index (χ3v) is 3.66. The normalized spacial score (nSPS) is 10.4. The number of nitrogens with one attached hydrogen (secondary N) is 1. The fourth-order valence-corrected chi connectivity index (χ4v) is 2.48. The monoisotopic (exact) mass is 321 g/mol. The summed E-state index contributed by atoms with van der Waals surface area (Å²) < 4.78 is 6.96. The van der Waals surface area contributed by atoms with Crippen LogP contribution in [0.3, 0.4) is 0 Å². The second-order valence-electron chi connectivity index (χ2n) is 5.44. The van der Waals surface area contributed by atoms with E-state index in [9.17, 15) is 4.79 Å². The molecule has 122 valence electrons. The molecule has 1 aromatic heterocycles. The summed E-state index contributed by atoms with van der Waals surface area (Å²) in [5.74, 6) is 1.35. The van der Waals surface area contributed by atoms with Gasteiger partial charge in [0.2, 0.25) is 5.91 Å². The van der Waals surface area contributed by atoms with E-state index >= 15 is 0 Å². The van der Waals surface area contributed by atoms with E-state index < -0.39 is 0 Å². The fraction of sp³-hybridized carbons (Fsp3) is 0.158. The maximum Gasteiger partial charge on any atom is 0.229 e. The number of methoxy groups -OCH3 is 1. The fourth-order valence-electron chi connectivity index (χ4n) is 2.48. The van der Waals surface area contributed by atoms with Gasteiger partial charge in [0.15, 0.2) is 0 Å². The molecule has 5 nitrogen and oxygen atoms in total. The zero-order valence-corrected chi connectivity index (χ0v) is 13.5. The molecule has 0 radical (unpaired) electrons. The summed E-state index contributed by atoms with van der Waals surface area (Å²) in [6.07, 6.45) is 1.97. The molecule has 0 aliphatic heterocycles. The second-order valence-corrected chi connectivity index (χ2v) is 5.44. The van der Waals surface area contributed by atoms with Gasteiger partial charge in [-0.2, -0.15) is 5.10 Å². The summed E-state index contributed by atoms with van der Waals surface area (Å²) >= 11 is 0. The summed E-state index contributed by atoms with van der Waals surface area (Å²) in [6.45, 7) is 0.614. The first-order valence-corrected chi connectivity index (χ1v) is 7.73. The van der Waals surface area contributed by atoms with E-state index in [0.717, 1.165) is 16.9 Å². The Morgan fingerprint density at radius 3 is 2.67 bits per heavy atom. The average molecular weight is 321 g/mol. The summed E-state index contributed by atoms with van der Waals surface area (Å²) in [5, 5.41) is 7.20. The van der Waals surface area contributed by atoms with E-state index in [-0.39, 0.29) is 12.3 Å². The maximum atomic E-state index is 12.3. The number of carbonyl (C=O) groups is 1. The number of carbonyl (C=O) groups excluding carboxylic acids is 1. The van der Waals surface area contributed by atoms with Gasteiger partial charge in [-0.1, -0.05) is 42.5 Å². The van der Waals surface area contributed by atoms with Crippen LogP contribution in [0.25, 0.3) is 0 Å². The van der Waals surface area contributed by atoms with E-state index in [1.165, 1.54) is 0 Å². The van der Waals surface area contributed by atoms with E-state index in [1.807, 2.05) is 54.6 Å². The first-order chi connectivity index (χ1) is 11.7. The summed E-state index contributed by atoms with van der Waals surface area (Å²) in [7, 11) is 1.61. The highest BCUT2D eigenvalue weighted by Crippen LogP contribution is 2.14. The molecule has 24 heavy (non-hydrogen) atoms. The van der Waals surface area contributed by atoms with Crippen LogP contribution in [0, 0.1) is 0 Å². The van der Waals surface area contributed by atoms with E-state index in [2.05, 4.69) is 10.4 Å². The highest BCUT2D eigenvalue weighted by Gasteiger charge is 2.09. The molecule has 0 atom stereocenters. The minimum Gasteiger partial charge on any atom is -0.497 e. The molecule has 0 aliphatic rings. The lowest BCUT2D eigenvalue weighted by atomic mass is 10.1. The van der Waals surface area contributed by atoms with Crippen LogP contribution >= 0.6 is 0 Å². The molecular weight excluding hydrogens is 302 g/mol. The molecule has 0 fully saturated rings. The quantitative estimate of drug-likeness (QED) is 0.759. The van der Waals surface area contributed by atoms with Gasteiger partial charge in [-0.15, -0.1) is 0 Å². The molecule has 3 aromatic rings. The van der Waals surface area contributed by atoms with Gasteiger partial charge in [0.1, 0.15) is 11.6 Å². The Bertz CT molecular complexity index is 812. The van der Waals surface area contributed by atoms with Gasteiger partial charge in [-0.25, -0.2) is 4.68 Å².